The maximum atomic E-state index is 5.62. The molecule has 1 aromatic heterocycles. The molecule has 1 aromatic rings. The molecule has 1 fully saturated rings. The van der Waals surface area contributed by atoms with Crippen LogP contribution in [0.15, 0.2) is 6.33 Å². The molecular weight excluding hydrogens is 214 g/mol. The highest BCUT2D eigenvalue weighted by Crippen LogP contribution is 2.17. The van der Waals surface area contributed by atoms with Gasteiger partial charge in [0.1, 0.15) is 0 Å². The maximum Gasteiger partial charge on any atom is 0.0925 e. The average Bonchev–Trinajstić information content (AvgIpc) is 2.92. The Balaban J connectivity index is 1.63. The summed E-state index contributed by atoms with van der Waals surface area (Å²) in [4.78, 5) is 9.77. The van der Waals surface area contributed by atoms with Crippen molar-refractivity contribution in [2.75, 3.05) is 20.2 Å². The average molecular weight is 237 g/mol. The molecule has 17 heavy (non-hydrogen) atoms. The van der Waals surface area contributed by atoms with Gasteiger partial charge in [0.05, 0.1) is 18.1 Å². The molecule has 1 unspecified atom stereocenters. The van der Waals surface area contributed by atoms with Crippen LogP contribution in [0.2, 0.25) is 0 Å². The lowest BCUT2D eigenvalue weighted by atomic mass is 10.1. The molecule has 2 rings (SSSR count). The summed E-state index contributed by atoms with van der Waals surface area (Å²) in [6, 6.07) is 0. The number of hydrogen-bond donors (Lipinski definition) is 1. The minimum atomic E-state index is 0.524. The maximum absolute atomic E-state index is 5.62. The van der Waals surface area contributed by atoms with Gasteiger partial charge in [0.2, 0.25) is 0 Å². The third-order valence-electron chi connectivity index (χ3n) is 3.44. The van der Waals surface area contributed by atoms with Gasteiger partial charge in [-0.1, -0.05) is 0 Å². The summed E-state index contributed by atoms with van der Waals surface area (Å²) in [5.74, 6) is 0. The van der Waals surface area contributed by atoms with Crippen LogP contribution in [0.25, 0.3) is 0 Å². The second-order valence-electron chi connectivity index (χ2n) is 4.99. The highest BCUT2D eigenvalue weighted by molar-refractivity contribution is 5.07. The van der Waals surface area contributed by atoms with E-state index in [4.69, 9.17) is 4.74 Å². The summed E-state index contributed by atoms with van der Waals surface area (Å²) in [6.45, 7) is 5.09. The van der Waals surface area contributed by atoms with E-state index in [-0.39, 0.29) is 0 Å². The van der Waals surface area contributed by atoms with Gasteiger partial charge >= 0.3 is 0 Å². The molecule has 1 atom stereocenters. The number of rotatable bonds is 6. The third kappa shape index (κ3) is 3.82. The van der Waals surface area contributed by atoms with Gasteiger partial charge in [-0.15, -0.1) is 0 Å². The Hall–Kier alpha value is -0.870. The fraction of sp³-hybridized carbons (Fsp3) is 0.769. The number of aromatic amines is 1. The van der Waals surface area contributed by atoms with Crippen molar-refractivity contribution in [2.45, 2.75) is 45.3 Å². The van der Waals surface area contributed by atoms with E-state index in [1.165, 1.54) is 31.4 Å². The van der Waals surface area contributed by atoms with Crippen molar-refractivity contribution in [1.82, 2.24) is 14.9 Å². The van der Waals surface area contributed by atoms with E-state index in [9.17, 15) is 0 Å². The number of nitrogens with one attached hydrogen (secondary N) is 1. The molecule has 0 aliphatic carbocycles. The first-order chi connectivity index (χ1) is 8.25. The Morgan fingerprint density at radius 3 is 3.12 bits per heavy atom. The molecule has 1 N–H and O–H groups in total. The first kappa shape index (κ1) is 12.6. The normalized spacial score (nSPS) is 20.3. The lowest BCUT2D eigenvalue weighted by molar-refractivity contribution is 0.0995. The fourth-order valence-electron chi connectivity index (χ4n) is 2.34. The number of nitrogens with zero attached hydrogens (tertiary/aromatic N) is 2. The van der Waals surface area contributed by atoms with Crippen molar-refractivity contribution < 1.29 is 4.74 Å². The van der Waals surface area contributed by atoms with E-state index in [1.54, 1.807) is 6.33 Å². The monoisotopic (exact) mass is 237 g/mol. The molecule has 0 spiro atoms. The lowest BCUT2D eigenvalue weighted by Gasteiger charge is -2.17. The van der Waals surface area contributed by atoms with Gasteiger partial charge in [0.25, 0.3) is 0 Å². The van der Waals surface area contributed by atoms with Gasteiger partial charge in [-0.05, 0) is 46.2 Å². The number of ether oxygens (including phenoxy) is 1. The summed E-state index contributed by atoms with van der Waals surface area (Å²) in [6.07, 6.45) is 7.20. The molecule has 0 saturated carbocycles. The van der Waals surface area contributed by atoms with Crippen LogP contribution in [-0.2, 0) is 11.3 Å². The van der Waals surface area contributed by atoms with Crippen LogP contribution in [0.5, 0.6) is 0 Å². The highest BCUT2D eigenvalue weighted by atomic mass is 16.5. The zero-order valence-electron chi connectivity index (χ0n) is 10.9. The van der Waals surface area contributed by atoms with Crippen LogP contribution < -0.4 is 0 Å². The zero-order valence-corrected chi connectivity index (χ0v) is 10.9. The summed E-state index contributed by atoms with van der Waals surface area (Å²) in [5.41, 5.74) is 2.33. The molecule has 0 radical (unpaired) electrons. The first-order valence-corrected chi connectivity index (χ1v) is 6.54. The standard InChI is InChI=1S/C13H23N3O/c1-11-13(15-10-14-11)9-16(2)7-3-5-12-6-4-8-17-12/h10,12H,3-9H2,1-2H3,(H,14,15). The highest BCUT2D eigenvalue weighted by Gasteiger charge is 2.15. The molecule has 96 valence electrons. The quantitative estimate of drug-likeness (QED) is 0.824. The van der Waals surface area contributed by atoms with Crippen molar-refractivity contribution in [1.29, 1.82) is 0 Å². The number of H-pyrrole nitrogens is 1. The first-order valence-electron chi connectivity index (χ1n) is 6.54. The van der Waals surface area contributed by atoms with Gasteiger partial charge < -0.3 is 14.6 Å². The molecule has 4 nitrogen and oxygen atoms in total. The van der Waals surface area contributed by atoms with Crippen LogP contribution in [-0.4, -0.2) is 41.2 Å². The van der Waals surface area contributed by atoms with Crippen LogP contribution >= 0.6 is 0 Å². The molecule has 0 bridgehead atoms. The van der Waals surface area contributed by atoms with Crippen molar-refractivity contribution >= 4 is 0 Å². The second kappa shape index (κ2) is 6.17. The smallest absolute Gasteiger partial charge is 0.0925 e. The molecule has 4 heteroatoms. The molecule has 1 aliphatic rings. The van der Waals surface area contributed by atoms with Crippen LogP contribution in [0.3, 0.4) is 0 Å². The van der Waals surface area contributed by atoms with Crippen LogP contribution in [0, 0.1) is 6.92 Å². The second-order valence-corrected chi connectivity index (χ2v) is 4.99. The Bertz CT molecular complexity index is 331. The minimum absolute atomic E-state index is 0.524. The number of imidazole rings is 1. The predicted molar refractivity (Wildman–Crippen MR) is 67.9 cm³/mol. The van der Waals surface area contributed by atoms with E-state index in [2.05, 4.69) is 28.8 Å². The third-order valence-corrected chi connectivity index (χ3v) is 3.44. The van der Waals surface area contributed by atoms with E-state index in [0.717, 1.165) is 25.4 Å². The molecule has 0 aromatic carbocycles. The Kier molecular flexibility index (Phi) is 4.57. The summed E-state index contributed by atoms with van der Waals surface area (Å²) in [7, 11) is 2.16. The van der Waals surface area contributed by atoms with Gasteiger partial charge in [0, 0.05) is 18.8 Å². The SMILES string of the molecule is Cc1[nH]cnc1CN(C)CCCC1CCCO1. The lowest BCUT2D eigenvalue weighted by Crippen LogP contribution is -2.21. The van der Waals surface area contributed by atoms with Crippen molar-refractivity contribution in [3.8, 4) is 0 Å². The van der Waals surface area contributed by atoms with Crippen LogP contribution in [0.1, 0.15) is 37.1 Å². The van der Waals surface area contributed by atoms with Crippen LogP contribution in [0.4, 0.5) is 0 Å². The molecule has 1 aliphatic heterocycles. The number of aromatic nitrogens is 2. The topological polar surface area (TPSA) is 41.2 Å². The fourth-order valence-corrected chi connectivity index (χ4v) is 2.34. The largest absolute Gasteiger partial charge is 0.378 e. The Morgan fingerprint density at radius 2 is 2.47 bits per heavy atom. The Labute approximate surface area is 103 Å². The van der Waals surface area contributed by atoms with Gasteiger partial charge in [-0.25, -0.2) is 4.98 Å². The summed E-state index contributed by atoms with van der Waals surface area (Å²) in [5, 5.41) is 0. The Morgan fingerprint density at radius 1 is 1.59 bits per heavy atom. The van der Waals surface area contributed by atoms with E-state index in [0.29, 0.717) is 6.10 Å². The van der Waals surface area contributed by atoms with Gasteiger partial charge in [-0.3, -0.25) is 0 Å². The van der Waals surface area contributed by atoms with Gasteiger partial charge in [-0.2, -0.15) is 0 Å². The van der Waals surface area contributed by atoms with E-state index >= 15 is 0 Å². The predicted octanol–water partition coefficient (Wildman–Crippen LogP) is 2.11. The summed E-state index contributed by atoms with van der Waals surface area (Å²) >= 11 is 0. The van der Waals surface area contributed by atoms with Gasteiger partial charge in [0.15, 0.2) is 0 Å². The van der Waals surface area contributed by atoms with Crippen molar-refractivity contribution in [3.63, 3.8) is 0 Å². The number of aryl methyl sites for hydroxylation is 1. The zero-order chi connectivity index (χ0) is 12.1. The molecule has 0 amide bonds. The summed E-state index contributed by atoms with van der Waals surface area (Å²) < 4.78 is 5.62. The molecule has 1 saturated heterocycles. The molecule has 2 heterocycles. The minimum Gasteiger partial charge on any atom is -0.378 e. The van der Waals surface area contributed by atoms with E-state index in [1.807, 2.05) is 0 Å². The molecular formula is C13H23N3O. The van der Waals surface area contributed by atoms with Crippen molar-refractivity contribution in [3.05, 3.63) is 17.7 Å². The van der Waals surface area contributed by atoms with Crippen molar-refractivity contribution in [2.24, 2.45) is 0 Å². The number of hydrogen-bond acceptors (Lipinski definition) is 3. The van der Waals surface area contributed by atoms with E-state index < -0.39 is 0 Å².